The van der Waals surface area contributed by atoms with Gasteiger partial charge in [0.2, 0.25) is 0 Å². The first-order valence-electron chi connectivity index (χ1n) is 2.20. The van der Waals surface area contributed by atoms with Gasteiger partial charge in [-0.25, -0.2) is 10.00 Å². The minimum absolute atomic E-state index is 0.535. The zero-order valence-corrected chi connectivity index (χ0v) is 4.52. The molecule has 1 radical (unpaired) electrons. The number of nitrogens with zero attached hydrogens (tertiary/aromatic N) is 5. The Morgan fingerprint density at radius 2 is 2.62 bits per heavy atom. The second kappa shape index (κ2) is 2.37. The normalized spacial score (nSPS) is 9.62. The zero-order valence-electron chi connectivity index (χ0n) is 4.52. The SMILES string of the molecule is C[N]Cn1cnnn1. The summed E-state index contributed by atoms with van der Waals surface area (Å²) in [6, 6.07) is 0. The van der Waals surface area contributed by atoms with Crippen LogP contribution in [0.2, 0.25) is 0 Å². The summed E-state index contributed by atoms with van der Waals surface area (Å²) in [5.41, 5.74) is 0. The van der Waals surface area contributed by atoms with Crippen molar-refractivity contribution < 1.29 is 0 Å². The van der Waals surface area contributed by atoms with Crippen molar-refractivity contribution in [1.82, 2.24) is 25.5 Å². The van der Waals surface area contributed by atoms with Crippen molar-refractivity contribution in [3.05, 3.63) is 6.33 Å². The maximum absolute atomic E-state index is 3.80. The Bertz CT molecular complexity index is 133. The van der Waals surface area contributed by atoms with Crippen LogP contribution in [0.25, 0.3) is 0 Å². The highest BCUT2D eigenvalue weighted by Gasteiger charge is 1.85. The number of tetrazole rings is 1. The van der Waals surface area contributed by atoms with E-state index < -0.39 is 0 Å². The fourth-order valence-corrected chi connectivity index (χ4v) is 0.390. The highest BCUT2D eigenvalue weighted by Crippen LogP contribution is 1.69. The molecule has 43 valence electrons. The van der Waals surface area contributed by atoms with Gasteiger partial charge < -0.3 is 0 Å². The van der Waals surface area contributed by atoms with E-state index in [2.05, 4.69) is 20.8 Å². The predicted molar refractivity (Wildman–Crippen MR) is 25.9 cm³/mol. The largest absolute Gasteiger partial charge is 0.222 e. The topological polar surface area (TPSA) is 57.7 Å². The van der Waals surface area contributed by atoms with Crippen LogP contribution in [-0.4, -0.2) is 27.3 Å². The van der Waals surface area contributed by atoms with Gasteiger partial charge in [-0.2, -0.15) is 0 Å². The van der Waals surface area contributed by atoms with E-state index in [9.17, 15) is 0 Å². The smallest absolute Gasteiger partial charge is 0.139 e. The van der Waals surface area contributed by atoms with Gasteiger partial charge in [0.1, 0.15) is 13.0 Å². The number of aromatic nitrogens is 4. The second-order valence-electron chi connectivity index (χ2n) is 1.31. The summed E-state index contributed by atoms with van der Waals surface area (Å²) >= 11 is 0. The standard InChI is InChI=1S/C3H6N5/c1-4-2-8-3-5-6-7-8/h3H,2H2,1H3. The number of hydrogen-bond donors (Lipinski definition) is 0. The highest BCUT2D eigenvalue weighted by molar-refractivity contribution is 4.41. The molecule has 0 saturated carbocycles. The van der Waals surface area contributed by atoms with Crippen LogP contribution in [0.4, 0.5) is 0 Å². The first-order chi connectivity index (χ1) is 3.93. The van der Waals surface area contributed by atoms with E-state index in [4.69, 9.17) is 0 Å². The van der Waals surface area contributed by atoms with Crippen molar-refractivity contribution >= 4 is 0 Å². The molecule has 0 aromatic carbocycles. The average molecular weight is 112 g/mol. The van der Waals surface area contributed by atoms with Crippen molar-refractivity contribution in [2.75, 3.05) is 7.05 Å². The zero-order chi connectivity index (χ0) is 5.82. The molecule has 0 amide bonds. The Morgan fingerprint density at radius 3 is 3.12 bits per heavy atom. The molecule has 1 aromatic heterocycles. The van der Waals surface area contributed by atoms with Crippen molar-refractivity contribution in [3.63, 3.8) is 0 Å². The van der Waals surface area contributed by atoms with Crippen LogP contribution < -0.4 is 5.32 Å². The van der Waals surface area contributed by atoms with Crippen molar-refractivity contribution in [2.24, 2.45) is 0 Å². The lowest BCUT2D eigenvalue weighted by Crippen LogP contribution is -2.06. The van der Waals surface area contributed by atoms with Crippen LogP contribution in [0.15, 0.2) is 6.33 Å². The van der Waals surface area contributed by atoms with E-state index in [1.54, 1.807) is 11.7 Å². The molecule has 5 nitrogen and oxygen atoms in total. The van der Waals surface area contributed by atoms with Crippen molar-refractivity contribution in [1.29, 1.82) is 0 Å². The molecule has 0 aliphatic carbocycles. The summed E-state index contributed by atoms with van der Waals surface area (Å²) in [6.45, 7) is 0.535. The van der Waals surface area contributed by atoms with Gasteiger partial charge in [0.05, 0.1) is 0 Å². The van der Waals surface area contributed by atoms with Crippen LogP contribution in [0.5, 0.6) is 0 Å². The van der Waals surface area contributed by atoms with Crippen LogP contribution in [0, 0.1) is 0 Å². The summed E-state index contributed by atoms with van der Waals surface area (Å²) < 4.78 is 1.54. The molecule has 0 aliphatic rings. The van der Waals surface area contributed by atoms with Gasteiger partial charge in [-0.05, 0) is 10.4 Å². The molecule has 1 heterocycles. The molecule has 0 N–H and O–H groups in total. The van der Waals surface area contributed by atoms with Gasteiger partial charge in [0.15, 0.2) is 0 Å². The van der Waals surface area contributed by atoms with E-state index in [1.165, 1.54) is 6.33 Å². The molecule has 0 aliphatic heterocycles. The van der Waals surface area contributed by atoms with Gasteiger partial charge in [0.25, 0.3) is 0 Å². The maximum Gasteiger partial charge on any atom is 0.139 e. The van der Waals surface area contributed by atoms with Crippen LogP contribution in [0.1, 0.15) is 0 Å². The summed E-state index contributed by atoms with van der Waals surface area (Å²) in [4.78, 5) is 0. The Morgan fingerprint density at radius 1 is 1.75 bits per heavy atom. The molecule has 1 rings (SSSR count). The predicted octanol–water partition coefficient (Wildman–Crippen LogP) is -1.14. The summed E-state index contributed by atoms with van der Waals surface area (Å²) in [5, 5.41) is 14.2. The van der Waals surface area contributed by atoms with Crippen LogP contribution in [0.3, 0.4) is 0 Å². The third-order valence-corrected chi connectivity index (χ3v) is 0.678. The summed E-state index contributed by atoms with van der Waals surface area (Å²) in [5.74, 6) is 0. The molecule has 0 unspecified atom stereocenters. The molecule has 1 aromatic rings. The van der Waals surface area contributed by atoms with Crippen molar-refractivity contribution in [3.8, 4) is 0 Å². The van der Waals surface area contributed by atoms with Crippen LogP contribution >= 0.6 is 0 Å². The Labute approximate surface area is 46.7 Å². The molecule has 8 heavy (non-hydrogen) atoms. The van der Waals surface area contributed by atoms with Gasteiger partial charge in [-0.15, -0.1) is 5.10 Å². The monoisotopic (exact) mass is 112 g/mol. The van der Waals surface area contributed by atoms with E-state index in [-0.39, 0.29) is 0 Å². The van der Waals surface area contributed by atoms with E-state index in [0.29, 0.717) is 6.67 Å². The highest BCUT2D eigenvalue weighted by atomic mass is 15.5. The number of rotatable bonds is 2. The quantitative estimate of drug-likeness (QED) is 0.486. The lowest BCUT2D eigenvalue weighted by atomic mass is 11.0. The first-order valence-corrected chi connectivity index (χ1v) is 2.20. The molecular formula is C3H6N5. The summed E-state index contributed by atoms with van der Waals surface area (Å²) in [7, 11) is 1.71. The van der Waals surface area contributed by atoms with E-state index in [1.807, 2.05) is 0 Å². The third-order valence-electron chi connectivity index (χ3n) is 0.678. The number of hydrogen-bond acceptors (Lipinski definition) is 3. The summed E-state index contributed by atoms with van der Waals surface area (Å²) in [6.07, 6.45) is 1.52. The minimum Gasteiger partial charge on any atom is -0.222 e. The Kier molecular flexibility index (Phi) is 1.53. The van der Waals surface area contributed by atoms with Crippen LogP contribution in [-0.2, 0) is 6.67 Å². The van der Waals surface area contributed by atoms with Gasteiger partial charge >= 0.3 is 0 Å². The van der Waals surface area contributed by atoms with Gasteiger partial charge in [0, 0.05) is 7.05 Å². The average Bonchev–Trinajstić information content (AvgIpc) is 2.19. The Hall–Kier alpha value is -0.970. The first kappa shape index (κ1) is 5.17. The molecule has 0 spiro atoms. The lowest BCUT2D eigenvalue weighted by molar-refractivity contribution is 0.530. The minimum atomic E-state index is 0.535. The molecule has 0 fully saturated rings. The molecule has 5 heteroatoms. The fraction of sp³-hybridized carbons (Fsp3) is 0.667. The van der Waals surface area contributed by atoms with E-state index in [0.717, 1.165) is 0 Å². The molecule has 0 saturated heterocycles. The van der Waals surface area contributed by atoms with Gasteiger partial charge in [-0.3, -0.25) is 0 Å². The second-order valence-corrected chi connectivity index (χ2v) is 1.31. The third kappa shape index (κ3) is 1.00. The van der Waals surface area contributed by atoms with Gasteiger partial charge in [-0.1, -0.05) is 0 Å². The van der Waals surface area contributed by atoms with E-state index >= 15 is 0 Å². The Balaban J connectivity index is 2.50. The van der Waals surface area contributed by atoms with Crippen molar-refractivity contribution in [2.45, 2.75) is 6.67 Å². The fourth-order valence-electron chi connectivity index (χ4n) is 0.390. The lowest BCUT2D eigenvalue weighted by Gasteiger charge is -1.89. The molecular weight excluding hydrogens is 106 g/mol. The maximum atomic E-state index is 3.80. The molecule has 0 bridgehead atoms. The molecule has 0 atom stereocenters.